The van der Waals surface area contributed by atoms with Crippen molar-refractivity contribution in [3.8, 4) is 0 Å². The van der Waals surface area contributed by atoms with Gasteiger partial charge in [-0.3, -0.25) is 4.79 Å². The number of aliphatic hydroxyl groups is 1. The van der Waals surface area contributed by atoms with Gasteiger partial charge in [0.05, 0.1) is 18.6 Å². The van der Waals surface area contributed by atoms with Crippen LogP contribution in [0.3, 0.4) is 0 Å². The minimum Gasteiger partial charge on any atom is -0.392 e. The Balaban J connectivity index is 1.56. The Kier molecular flexibility index (Phi) is 4.50. The Labute approximate surface area is 132 Å². The van der Waals surface area contributed by atoms with Crippen LogP contribution < -0.4 is 0 Å². The molecule has 0 unspecified atom stereocenters. The van der Waals surface area contributed by atoms with Crippen LogP contribution in [0.2, 0.25) is 0 Å². The molecule has 0 radical (unpaired) electrons. The molecule has 1 saturated carbocycles. The van der Waals surface area contributed by atoms with Crippen molar-refractivity contribution in [3.63, 3.8) is 0 Å². The third-order valence-corrected chi connectivity index (χ3v) is 5.36. The maximum atomic E-state index is 12.4. The summed E-state index contributed by atoms with van der Waals surface area (Å²) in [4.78, 5) is 14.3. The summed E-state index contributed by atoms with van der Waals surface area (Å²) in [6.07, 6.45) is 2.80. The Bertz CT molecular complexity index is 506. The van der Waals surface area contributed by atoms with Crippen molar-refractivity contribution >= 4 is 5.91 Å². The van der Waals surface area contributed by atoms with E-state index in [4.69, 9.17) is 4.74 Å². The van der Waals surface area contributed by atoms with E-state index in [9.17, 15) is 9.90 Å². The van der Waals surface area contributed by atoms with Crippen LogP contribution in [0.15, 0.2) is 30.3 Å². The summed E-state index contributed by atoms with van der Waals surface area (Å²) in [5.41, 5.74) is 0.947. The lowest BCUT2D eigenvalue weighted by atomic mass is 9.58. The van der Waals surface area contributed by atoms with E-state index in [0.717, 1.165) is 37.9 Å². The summed E-state index contributed by atoms with van der Waals surface area (Å²) in [5, 5.41) is 10.2. The van der Waals surface area contributed by atoms with Gasteiger partial charge in [0.1, 0.15) is 0 Å². The van der Waals surface area contributed by atoms with Gasteiger partial charge in [-0.1, -0.05) is 30.3 Å². The maximum absolute atomic E-state index is 12.4. The number of carbonyl (C=O) groups is 1. The topological polar surface area (TPSA) is 49.8 Å². The highest BCUT2D eigenvalue weighted by Gasteiger charge is 2.56. The summed E-state index contributed by atoms with van der Waals surface area (Å²) in [5.74, 6) is 0.183. The largest absolute Gasteiger partial charge is 0.392 e. The Morgan fingerprint density at radius 2 is 2.00 bits per heavy atom. The minimum atomic E-state index is -0.268. The monoisotopic (exact) mass is 303 g/mol. The molecule has 1 spiro atoms. The summed E-state index contributed by atoms with van der Waals surface area (Å²) in [6, 6.07) is 9.87. The second-order valence-electron chi connectivity index (χ2n) is 6.47. The van der Waals surface area contributed by atoms with Crippen LogP contribution in [0, 0.1) is 5.41 Å². The molecule has 2 atom stereocenters. The fraction of sp³-hybridized carbons (Fsp3) is 0.611. The van der Waals surface area contributed by atoms with Crippen LogP contribution >= 0.6 is 0 Å². The Morgan fingerprint density at radius 1 is 1.32 bits per heavy atom. The number of hydrogen-bond donors (Lipinski definition) is 1. The van der Waals surface area contributed by atoms with E-state index in [1.54, 1.807) is 0 Å². The summed E-state index contributed by atoms with van der Waals surface area (Å²) in [6.45, 7) is 4.14. The zero-order valence-corrected chi connectivity index (χ0v) is 13.2. The van der Waals surface area contributed by atoms with Gasteiger partial charge in [-0.2, -0.15) is 0 Å². The first-order valence-corrected chi connectivity index (χ1v) is 8.27. The van der Waals surface area contributed by atoms with Crippen molar-refractivity contribution in [2.75, 3.05) is 19.7 Å². The summed E-state index contributed by atoms with van der Waals surface area (Å²) < 4.78 is 5.77. The number of benzene rings is 1. The highest BCUT2D eigenvalue weighted by molar-refractivity contribution is 5.78. The molecule has 1 aromatic rings. The summed E-state index contributed by atoms with van der Waals surface area (Å²) in [7, 11) is 0. The van der Waals surface area contributed by atoms with Gasteiger partial charge < -0.3 is 14.7 Å². The highest BCUT2D eigenvalue weighted by atomic mass is 16.5. The molecule has 3 rings (SSSR count). The standard InChI is InChI=1S/C18H25NO3/c1-2-22-16-13-15(20)18(16)8-10-19(11-9-18)17(21)12-14-6-4-3-5-7-14/h3-7,15-16,20H,2,8-13H2,1H3/t15-,16+/m1/s1. The van der Waals surface area contributed by atoms with Gasteiger partial charge in [-0.05, 0) is 25.3 Å². The third-order valence-electron chi connectivity index (χ3n) is 5.36. The van der Waals surface area contributed by atoms with Gasteiger partial charge in [0, 0.05) is 31.5 Å². The molecule has 0 aromatic heterocycles. The average molecular weight is 303 g/mol. The SMILES string of the molecule is CCO[C@H]1C[C@@H](O)C12CCN(C(=O)Cc1ccccc1)CC2. The second kappa shape index (κ2) is 6.39. The number of likely N-dealkylation sites (tertiary alicyclic amines) is 1. The molecule has 120 valence electrons. The van der Waals surface area contributed by atoms with E-state index in [2.05, 4.69) is 0 Å². The lowest BCUT2D eigenvalue weighted by Crippen LogP contribution is -2.62. The van der Waals surface area contributed by atoms with Crippen LogP contribution in [-0.2, 0) is 16.0 Å². The zero-order valence-electron chi connectivity index (χ0n) is 13.2. The van der Waals surface area contributed by atoms with Gasteiger partial charge in [0.2, 0.25) is 5.91 Å². The Hall–Kier alpha value is -1.39. The molecule has 22 heavy (non-hydrogen) atoms. The van der Waals surface area contributed by atoms with Gasteiger partial charge in [0.15, 0.2) is 0 Å². The van der Waals surface area contributed by atoms with E-state index in [1.807, 2.05) is 42.2 Å². The number of hydrogen-bond acceptors (Lipinski definition) is 3. The maximum Gasteiger partial charge on any atom is 0.226 e. The fourth-order valence-electron chi connectivity index (χ4n) is 3.87. The minimum absolute atomic E-state index is 0.112. The first-order valence-electron chi connectivity index (χ1n) is 8.27. The smallest absolute Gasteiger partial charge is 0.226 e. The molecule has 1 aromatic carbocycles. The Morgan fingerprint density at radius 3 is 2.59 bits per heavy atom. The normalized spacial score (nSPS) is 26.7. The molecular weight excluding hydrogens is 278 g/mol. The molecule has 1 aliphatic heterocycles. The molecule has 4 nitrogen and oxygen atoms in total. The van der Waals surface area contributed by atoms with Crippen LogP contribution in [0.1, 0.15) is 31.7 Å². The lowest BCUT2D eigenvalue weighted by Gasteiger charge is -2.56. The van der Waals surface area contributed by atoms with Crippen LogP contribution in [0.5, 0.6) is 0 Å². The van der Waals surface area contributed by atoms with Crippen molar-refractivity contribution in [1.82, 2.24) is 4.90 Å². The quantitative estimate of drug-likeness (QED) is 0.925. The number of ether oxygens (including phenoxy) is 1. The summed E-state index contributed by atoms with van der Waals surface area (Å²) >= 11 is 0. The van der Waals surface area contributed by atoms with Crippen molar-refractivity contribution in [2.24, 2.45) is 5.41 Å². The predicted octanol–water partition coefficient (Wildman–Crippen LogP) is 2.01. The number of aliphatic hydroxyl groups excluding tert-OH is 1. The molecule has 2 aliphatic rings. The molecule has 1 N–H and O–H groups in total. The van der Waals surface area contributed by atoms with Gasteiger partial charge >= 0.3 is 0 Å². The molecule has 2 fully saturated rings. The number of nitrogens with zero attached hydrogens (tertiary/aromatic N) is 1. The van der Waals surface area contributed by atoms with E-state index >= 15 is 0 Å². The van der Waals surface area contributed by atoms with Crippen LogP contribution in [-0.4, -0.2) is 47.8 Å². The number of rotatable bonds is 4. The molecule has 1 saturated heterocycles. The third kappa shape index (κ3) is 2.77. The van der Waals surface area contributed by atoms with Crippen molar-refractivity contribution < 1.29 is 14.6 Å². The lowest BCUT2D eigenvalue weighted by molar-refractivity contribution is -0.210. The second-order valence-corrected chi connectivity index (χ2v) is 6.47. The number of carbonyl (C=O) groups excluding carboxylic acids is 1. The molecular formula is C18H25NO3. The molecule has 1 aliphatic carbocycles. The fourth-order valence-corrected chi connectivity index (χ4v) is 3.87. The molecule has 4 heteroatoms. The molecule has 1 heterocycles. The van der Waals surface area contributed by atoms with Gasteiger partial charge in [-0.25, -0.2) is 0 Å². The number of amides is 1. The van der Waals surface area contributed by atoms with E-state index < -0.39 is 0 Å². The van der Waals surface area contributed by atoms with Crippen molar-refractivity contribution in [3.05, 3.63) is 35.9 Å². The zero-order chi connectivity index (χ0) is 15.6. The number of piperidine rings is 1. The van der Waals surface area contributed by atoms with Crippen molar-refractivity contribution in [2.45, 2.75) is 44.8 Å². The van der Waals surface area contributed by atoms with Crippen molar-refractivity contribution in [1.29, 1.82) is 0 Å². The predicted molar refractivity (Wildman–Crippen MR) is 84.4 cm³/mol. The van der Waals surface area contributed by atoms with Gasteiger partial charge in [0.25, 0.3) is 0 Å². The first kappa shape index (κ1) is 15.5. The van der Waals surface area contributed by atoms with Crippen LogP contribution in [0.25, 0.3) is 0 Å². The van der Waals surface area contributed by atoms with Gasteiger partial charge in [-0.15, -0.1) is 0 Å². The van der Waals surface area contributed by atoms with E-state index in [-0.39, 0.29) is 23.5 Å². The average Bonchev–Trinajstić information content (AvgIpc) is 2.56. The van der Waals surface area contributed by atoms with E-state index in [0.29, 0.717) is 13.0 Å². The highest BCUT2D eigenvalue weighted by Crippen LogP contribution is 2.50. The molecule has 1 amide bonds. The first-order chi connectivity index (χ1) is 10.7. The molecule has 0 bridgehead atoms. The van der Waals surface area contributed by atoms with Crippen LogP contribution in [0.4, 0.5) is 0 Å². The van der Waals surface area contributed by atoms with E-state index in [1.165, 1.54) is 0 Å².